The molecule has 0 spiro atoms. The maximum atomic E-state index is 12.9. The second-order valence-electron chi connectivity index (χ2n) is 9.52. The fourth-order valence-electron chi connectivity index (χ4n) is 5.22. The maximum Gasteiger partial charge on any atom is 0.251 e. The van der Waals surface area contributed by atoms with Gasteiger partial charge in [0, 0.05) is 61.6 Å². The fourth-order valence-corrected chi connectivity index (χ4v) is 5.22. The van der Waals surface area contributed by atoms with Crippen LogP contribution >= 0.6 is 0 Å². The largest absolute Gasteiger partial charge is 0.368 e. The first kappa shape index (κ1) is 22.7. The number of carbonyl (C=O) groups excluding carboxylic acids is 1. The molecule has 3 heterocycles. The Morgan fingerprint density at radius 1 is 0.941 bits per heavy atom. The van der Waals surface area contributed by atoms with E-state index in [9.17, 15) is 4.79 Å². The van der Waals surface area contributed by atoms with E-state index >= 15 is 0 Å². The lowest BCUT2D eigenvalue weighted by Crippen LogP contribution is -2.46. The number of rotatable bonds is 7. The molecule has 6 heteroatoms. The SMILES string of the molecule is C[C@@H](CCNC(=O)c1ccc2ccnc(N3CCN(c4ccccc4)CC3)c2c1)N1CCCC1. The Kier molecular flexibility index (Phi) is 6.95. The number of pyridine rings is 1. The van der Waals surface area contributed by atoms with Gasteiger partial charge in [0.05, 0.1) is 0 Å². The zero-order valence-corrected chi connectivity index (χ0v) is 20.1. The number of fused-ring (bicyclic) bond motifs is 1. The van der Waals surface area contributed by atoms with Crippen molar-refractivity contribution in [1.82, 2.24) is 15.2 Å². The third-order valence-electron chi connectivity index (χ3n) is 7.32. The van der Waals surface area contributed by atoms with Crippen LogP contribution in [-0.2, 0) is 0 Å². The van der Waals surface area contributed by atoms with Gasteiger partial charge >= 0.3 is 0 Å². The Labute approximate surface area is 202 Å². The van der Waals surface area contributed by atoms with Crippen LogP contribution in [0, 0.1) is 0 Å². The number of aromatic nitrogens is 1. The number of nitrogens with one attached hydrogen (secondary N) is 1. The van der Waals surface area contributed by atoms with E-state index < -0.39 is 0 Å². The van der Waals surface area contributed by atoms with Crippen LogP contribution < -0.4 is 15.1 Å². The van der Waals surface area contributed by atoms with E-state index in [1.807, 2.05) is 30.5 Å². The summed E-state index contributed by atoms with van der Waals surface area (Å²) < 4.78 is 0. The van der Waals surface area contributed by atoms with Gasteiger partial charge in [0.2, 0.25) is 0 Å². The van der Waals surface area contributed by atoms with Gasteiger partial charge in [0.25, 0.3) is 5.91 Å². The molecule has 1 N–H and O–H groups in total. The number of nitrogens with zero attached hydrogens (tertiary/aromatic N) is 4. The maximum absolute atomic E-state index is 12.9. The Hall–Kier alpha value is -3.12. The minimum atomic E-state index is -0.000720. The van der Waals surface area contributed by atoms with E-state index in [-0.39, 0.29) is 5.91 Å². The van der Waals surface area contributed by atoms with Crippen LogP contribution in [0.1, 0.15) is 36.5 Å². The van der Waals surface area contributed by atoms with Crippen molar-refractivity contribution >= 4 is 28.2 Å². The highest BCUT2D eigenvalue weighted by atomic mass is 16.1. The predicted octanol–water partition coefficient (Wildman–Crippen LogP) is 4.17. The van der Waals surface area contributed by atoms with Crippen LogP contribution in [0.5, 0.6) is 0 Å². The smallest absolute Gasteiger partial charge is 0.251 e. The number of benzene rings is 2. The molecule has 178 valence electrons. The first-order chi connectivity index (χ1) is 16.7. The quantitative estimate of drug-likeness (QED) is 0.577. The van der Waals surface area contributed by atoms with Crippen LogP contribution in [0.4, 0.5) is 11.5 Å². The average molecular weight is 458 g/mol. The van der Waals surface area contributed by atoms with Crippen molar-refractivity contribution in [2.24, 2.45) is 0 Å². The van der Waals surface area contributed by atoms with E-state index in [0.29, 0.717) is 18.2 Å². The minimum absolute atomic E-state index is 0.000720. The summed E-state index contributed by atoms with van der Waals surface area (Å²) in [5.74, 6) is 0.974. The zero-order valence-electron chi connectivity index (χ0n) is 20.1. The second kappa shape index (κ2) is 10.4. The van der Waals surface area contributed by atoms with Gasteiger partial charge in [-0.05, 0) is 75.0 Å². The molecule has 6 nitrogen and oxygen atoms in total. The van der Waals surface area contributed by atoms with Gasteiger partial charge in [-0.1, -0.05) is 24.3 Å². The molecule has 1 atom stereocenters. The topological polar surface area (TPSA) is 51.7 Å². The molecule has 34 heavy (non-hydrogen) atoms. The summed E-state index contributed by atoms with van der Waals surface area (Å²) >= 11 is 0. The number of anilines is 2. The summed E-state index contributed by atoms with van der Waals surface area (Å²) in [6.45, 7) is 9.08. The highest BCUT2D eigenvalue weighted by Gasteiger charge is 2.21. The van der Waals surface area contributed by atoms with Crippen LogP contribution in [0.2, 0.25) is 0 Å². The molecule has 0 saturated carbocycles. The number of carbonyl (C=O) groups is 1. The van der Waals surface area contributed by atoms with Gasteiger partial charge < -0.3 is 20.0 Å². The van der Waals surface area contributed by atoms with E-state index in [0.717, 1.165) is 49.2 Å². The zero-order chi connectivity index (χ0) is 23.3. The Morgan fingerprint density at radius 2 is 1.68 bits per heavy atom. The molecule has 3 aromatic rings. The van der Waals surface area contributed by atoms with E-state index in [1.54, 1.807) is 0 Å². The molecule has 2 saturated heterocycles. The van der Waals surface area contributed by atoms with Crippen LogP contribution in [-0.4, -0.2) is 67.6 Å². The van der Waals surface area contributed by atoms with E-state index in [2.05, 4.69) is 57.3 Å². The first-order valence-electron chi connectivity index (χ1n) is 12.6. The van der Waals surface area contributed by atoms with Crippen LogP contribution in [0.15, 0.2) is 60.8 Å². The Bertz CT molecular complexity index is 1100. The summed E-state index contributed by atoms with van der Waals surface area (Å²) in [4.78, 5) is 24.9. The van der Waals surface area contributed by atoms with Gasteiger partial charge in [-0.2, -0.15) is 0 Å². The third kappa shape index (κ3) is 5.02. The van der Waals surface area contributed by atoms with Gasteiger partial charge in [-0.3, -0.25) is 4.79 Å². The number of likely N-dealkylation sites (tertiary alicyclic amines) is 1. The van der Waals surface area contributed by atoms with Crippen molar-refractivity contribution in [3.8, 4) is 0 Å². The summed E-state index contributed by atoms with van der Waals surface area (Å²) in [5.41, 5.74) is 1.98. The van der Waals surface area contributed by atoms with E-state index in [4.69, 9.17) is 4.98 Å². The van der Waals surface area contributed by atoms with Gasteiger partial charge in [-0.25, -0.2) is 4.98 Å². The normalized spacial score (nSPS) is 17.8. The van der Waals surface area contributed by atoms with Crippen molar-refractivity contribution < 1.29 is 4.79 Å². The molecule has 0 bridgehead atoms. The van der Waals surface area contributed by atoms with Crippen molar-refractivity contribution in [3.05, 3.63) is 66.4 Å². The summed E-state index contributed by atoms with van der Waals surface area (Å²) in [7, 11) is 0. The van der Waals surface area contributed by atoms with Crippen molar-refractivity contribution in [2.45, 2.75) is 32.2 Å². The van der Waals surface area contributed by atoms with Gasteiger partial charge in [-0.15, -0.1) is 0 Å². The Morgan fingerprint density at radius 3 is 2.44 bits per heavy atom. The number of hydrogen-bond acceptors (Lipinski definition) is 5. The van der Waals surface area contributed by atoms with Crippen molar-refractivity contribution in [2.75, 3.05) is 55.6 Å². The lowest BCUT2D eigenvalue weighted by Gasteiger charge is -2.37. The highest BCUT2D eigenvalue weighted by Crippen LogP contribution is 2.27. The monoisotopic (exact) mass is 457 g/mol. The number of para-hydroxylation sites is 1. The predicted molar refractivity (Wildman–Crippen MR) is 140 cm³/mol. The number of piperazine rings is 1. The minimum Gasteiger partial charge on any atom is -0.368 e. The van der Waals surface area contributed by atoms with Crippen LogP contribution in [0.25, 0.3) is 10.8 Å². The molecular weight excluding hydrogens is 422 g/mol. The molecule has 0 radical (unpaired) electrons. The summed E-state index contributed by atoms with van der Waals surface area (Å²) in [6, 6.07) is 19.1. The molecule has 0 unspecified atom stereocenters. The third-order valence-corrected chi connectivity index (χ3v) is 7.32. The second-order valence-corrected chi connectivity index (χ2v) is 9.52. The first-order valence-corrected chi connectivity index (χ1v) is 12.6. The molecule has 2 fully saturated rings. The lowest BCUT2D eigenvalue weighted by molar-refractivity contribution is 0.0949. The average Bonchev–Trinajstić information content (AvgIpc) is 3.44. The van der Waals surface area contributed by atoms with Gasteiger partial charge in [0.1, 0.15) is 5.82 Å². The van der Waals surface area contributed by atoms with Crippen LogP contribution in [0.3, 0.4) is 0 Å². The fraction of sp³-hybridized carbons (Fsp3) is 0.429. The summed E-state index contributed by atoms with van der Waals surface area (Å²) in [6.07, 6.45) is 5.45. The standard InChI is InChI=1S/C28H35N5O/c1-22(31-15-5-6-16-31)11-13-30-28(34)24-10-9-23-12-14-29-27(26(23)21-24)33-19-17-32(18-20-33)25-7-3-2-4-8-25/h2-4,7-10,12,14,21-22H,5-6,11,13,15-20H2,1H3,(H,30,34)/t22-/m0/s1. The highest BCUT2D eigenvalue weighted by molar-refractivity contribution is 6.01. The Balaban J connectivity index is 1.24. The van der Waals surface area contributed by atoms with Gasteiger partial charge in [0.15, 0.2) is 0 Å². The number of hydrogen-bond donors (Lipinski definition) is 1. The molecule has 5 rings (SSSR count). The molecule has 2 aromatic carbocycles. The van der Waals surface area contributed by atoms with Crippen molar-refractivity contribution in [1.29, 1.82) is 0 Å². The lowest BCUT2D eigenvalue weighted by atomic mass is 10.1. The number of amides is 1. The molecule has 2 aliphatic heterocycles. The molecule has 1 amide bonds. The molecule has 1 aromatic heterocycles. The molecule has 0 aliphatic carbocycles. The molecular formula is C28H35N5O. The summed E-state index contributed by atoms with van der Waals surface area (Å²) in [5, 5.41) is 5.30. The van der Waals surface area contributed by atoms with E-state index in [1.165, 1.54) is 31.6 Å². The van der Waals surface area contributed by atoms with Crippen molar-refractivity contribution in [3.63, 3.8) is 0 Å². The molecule has 2 aliphatic rings.